The van der Waals surface area contributed by atoms with Gasteiger partial charge in [-0.25, -0.2) is 0 Å². The molecule has 1 aromatic heterocycles. The minimum absolute atomic E-state index is 0.0579. The van der Waals surface area contributed by atoms with Gasteiger partial charge in [0.1, 0.15) is 12.0 Å². The van der Waals surface area contributed by atoms with E-state index in [4.69, 9.17) is 4.42 Å². The number of carbonyl (C=O) groups excluding carboxylic acids is 3. The number of benzene rings is 1. The second-order valence-electron chi connectivity index (χ2n) is 5.13. The Hall–Kier alpha value is -3.01. The predicted octanol–water partition coefficient (Wildman–Crippen LogP) is 4.03. The third-order valence-corrected chi connectivity index (χ3v) is 3.80. The summed E-state index contributed by atoms with van der Waals surface area (Å²) in [5, 5.41) is 0. The molecule has 1 aliphatic rings. The number of allylic oxidation sites excluding steroid dienone is 4. The number of hydrogen-bond acceptors (Lipinski definition) is 4. The van der Waals surface area contributed by atoms with Crippen LogP contribution >= 0.6 is 0 Å². The molecule has 0 saturated heterocycles. The molecule has 0 unspecified atom stereocenters. The molecule has 0 radical (unpaired) electrons. The lowest BCUT2D eigenvalue weighted by Gasteiger charge is -2.13. The third-order valence-electron chi connectivity index (χ3n) is 3.80. The first kappa shape index (κ1) is 14.9. The lowest BCUT2D eigenvalue weighted by Crippen LogP contribution is -2.22. The molecule has 3 rings (SSSR count). The van der Waals surface area contributed by atoms with Crippen LogP contribution in [0.5, 0.6) is 0 Å². The molecular weight excluding hydrogens is 292 g/mol. The summed E-state index contributed by atoms with van der Waals surface area (Å²) < 4.78 is 5.48. The highest BCUT2D eigenvalue weighted by molar-refractivity contribution is 6.53. The van der Waals surface area contributed by atoms with Crippen LogP contribution in [0.3, 0.4) is 0 Å². The van der Waals surface area contributed by atoms with E-state index in [0.29, 0.717) is 16.7 Å². The van der Waals surface area contributed by atoms with Gasteiger partial charge in [-0.15, -0.1) is 0 Å². The fourth-order valence-corrected chi connectivity index (χ4v) is 2.70. The van der Waals surface area contributed by atoms with Crippen molar-refractivity contribution in [1.29, 1.82) is 0 Å². The number of Topliss-reactive ketones (excluding diaryl/α,β-unsaturated/α-hetero) is 3. The number of carbonyl (C=O) groups is 3. The van der Waals surface area contributed by atoms with E-state index in [1.54, 1.807) is 56.3 Å². The lowest BCUT2D eigenvalue weighted by atomic mass is 9.85. The normalized spacial score (nSPS) is 14.1. The molecule has 4 heteroatoms. The quantitative estimate of drug-likeness (QED) is 0.372. The molecule has 0 spiro atoms. The number of rotatable bonds is 3. The molecule has 0 saturated carbocycles. The van der Waals surface area contributed by atoms with Crippen molar-refractivity contribution in [3.8, 4) is 11.3 Å². The van der Waals surface area contributed by atoms with Gasteiger partial charge >= 0.3 is 0 Å². The molecular formula is C19H14O4. The fourth-order valence-electron chi connectivity index (χ4n) is 2.70. The summed E-state index contributed by atoms with van der Waals surface area (Å²) in [5.41, 5.74) is 1.47. The Morgan fingerprint density at radius 2 is 1.74 bits per heavy atom. The van der Waals surface area contributed by atoms with E-state index < -0.39 is 11.6 Å². The summed E-state index contributed by atoms with van der Waals surface area (Å²) in [5.74, 6) is -1.37. The van der Waals surface area contributed by atoms with Crippen LogP contribution in [0, 0.1) is 0 Å². The van der Waals surface area contributed by atoms with Crippen molar-refractivity contribution in [3.63, 3.8) is 0 Å². The summed E-state index contributed by atoms with van der Waals surface area (Å²) in [6.45, 7) is 3.54. The van der Waals surface area contributed by atoms with Gasteiger partial charge in [-0.1, -0.05) is 42.5 Å². The molecule has 0 atom stereocenters. The molecule has 0 fully saturated rings. The van der Waals surface area contributed by atoms with E-state index in [1.165, 1.54) is 6.26 Å². The first-order valence-electron chi connectivity index (χ1n) is 7.23. The minimum atomic E-state index is -0.702. The van der Waals surface area contributed by atoms with Crippen molar-refractivity contribution in [2.75, 3.05) is 0 Å². The molecule has 1 heterocycles. The maximum absolute atomic E-state index is 12.6. The molecule has 4 nitrogen and oxygen atoms in total. The SMILES string of the molecule is C/C=C\C(=C/C)C(=O)c1coc2c1C(=O)C(=O)c1ccccc1-2. The van der Waals surface area contributed by atoms with Crippen LogP contribution in [0.15, 0.2) is 58.7 Å². The average Bonchev–Trinajstić information content (AvgIpc) is 3.02. The lowest BCUT2D eigenvalue weighted by molar-refractivity contribution is 0.0813. The van der Waals surface area contributed by atoms with Gasteiger partial charge in [0, 0.05) is 16.7 Å². The maximum atomic E-state index is 12.6. The zero-order chi connectivity index (χ0) is 16.6. The number of ketones is 3. The fraction of sp³-hybridized carbons (Fsp3) is 0.105. The molecule has 0 bridgehead atoms. The summed E-state index contributed by atoms with van der Waals surface area (Å²) in [4.78, 5) is 37.3. The minimum Gasteiger partial charge on any atom is -0.463 e. The standard InChI is InChI=1S/C19H14O4/c1-3-7-11(4-2)16(20)14-10-23-19-13-9-6-5-8-12(13)17(21)18(22)15(14)19/h3-10H,1-2H3/b7-3-,11-4+. The zero-order valence-electron chi connectivity index (χ0n) is 12.8. The van der Waals surface area contributed by atoms with Crippen LogP contribution in [0.25, 0.3) is 11.3 Å². The topological polar surface area (TPSA) is 64.3 Å². The first-order chi connectivity index (χ1) is 11.1. The Morgan fingerprint density at radius 1 is 1.04 bits per heavy atom. The van der Waals surface area contributed by atoms with E-state index in [-0.39, 0.29) is 22.7 Å². The van der Waals surface area contributed by atoms with Crippen molar-refractivity contribution in [2.45, 2.75) is 13.8 Å². The van der Waals surface area contributed by atoms with Crippen LogP contribution in [0.2, 0.25) is 0 Å². The van der Waals surface area contributed by atoms with E-state index in [0.717, 1.165) is 0 Å². The second-order valence-corrected chi connectivity index (χ2v) is 5.13. The van der Waals surface area contributed by atoms with Crippen LogP contribution < -0.4 is 0 Å². The highest BCUT2D eigenvalue weighted by atomic mass is 16.3. The highest BCUT2D eigenvalue weighted by Crippen LogP contribution is 2.37. The maximum Gasteiger partial charge on any atom is 0.238 e. The largest absolute Gasteiger partial charge is 0.463 e. The van der Waals surface area contributed by atoms with Gasteiger partial charge in [-0.2, -0.15) is 0 Å². The van der Waals surface area contributed by atoms with Gasteiger partial charge in [0.15, 0.2) is 5.78 Å². The van der Waals surface area contributed by atoms with Crippen LogP contribution in [-0.2, 0) is 0 Å². The zero-order valence-corrected chi connectivity index (χ0v) is 12.8. The first-order valence-corrected chi connectivity index (χ1v) is 7.23. The predicted molar refractivity (Wildman–Crippen MR) is 85.7 cm³/mol. The van der Waals surface area contributed by atoms with Gasteiger partial charge in [0.05, 0.1) is 11.1 Å². The van der Waals surface area contributed by atoms with E-state index in [1.807, 2.05) is 0 Å². The molecule has 2 aromatic rings. The summed E-state index contributed by atoms with van der Waals surface area (Å²) in [6.07, 6.45) is 6.31. The second kappa shape index (κ2) is 5.65. The molecule has 0 aliphatic heterocycles. The molecule has 23 heavy (non-hydrogen) atoms. The van der Waals surface area contributed by atoms with E-state index in [2.05, 4.69) is 0 Å². The van der Waals surface area contributed by atoms with E-state index in [9.17, 15) is 14.4 Å². The molecule has 1 aromatic carbocycles. The van der Waals surface area contributed by atoms with Crippen LogP contribution in [0.1, 0.15) is 44.9 Å². The Bertz CT molecular complexity index is 894. The molecule has 0 N–H and O–H groups in total. The van der Waals surface area contributed by atoms with Gasteiger partial charge in [0.2, 0.25) is 11.6 Å². The summed E-state index contributed by atoms with van der Waals surface area (Å²) in [6, 6.07) is 6.74. The molecule has 0 amide bonds. The number of furan rings is 1. The third kappa shape index (κ3) is 2.19. The smallest absolute Gasteiger partial charge is 0.238 e. The van der Waals surface area contributed by atoms with E-state index >= 15 is 0 Å². The van der Waals surface area contributed by atoms with Crippen molar-refractivity contribution < 1.29 is 18.8 Å². The highest BCUT2D eigenvalue weighted by Gasteiger charge is 2.37. The van der Waals surface area contributed by atoms with Gasteiger partial charge in [-0.3, -0.25) is 14.4 Å². The number of fused-ring (bicyclic) bond motifs is 3. The van der Waals surface area contributed by atoms with Crippen LogP contribution in [-0.4, -0.2) is 17.3 Å². The van der Waals surface area contributed by atoms with Gasteiger partial charge in [-0.05, 0) is 13.8 Å². The molecule has 1 aliphatic carbocycles. The van der Waals surface area contributed by atoms with Gasteiger partial charge in [0.25, 0.3) is 0 Å². The Kier molecular flexibility index (Phi) is 3.66. The average molecular weight is 306 g/mol. The van der Waals surface area contributed by atoms with Crippen LogP contribution in [0.4, 0.5) is 0 Å². The van der Waals surface area contributed by atoms with Gasteiger partial charge < -0.3 is 4.42 Å². The van der Waals surface area contributed by atoms with Crippen molar-refractivity contribution in [1.82, 2.24) is 0 Å². The Labute approximate surface area is 133 Å². The number of hydrogen-bond donors (Lipinski definition) is 0. The van der Waals surface area contributed by atoms with Crippen molar-refractivity contribution in [3.05, 3.63) is 71.0 Å². The Balaban J connectivity index is 2.21. The van der Waals surface area contributed by atoms with Crippen molar-refractivity contribution >= 4 is 17.3 Å². The molecule has 114 valence electrons. The van der Waals surface area contributed by atoms with Crippen molar-refractivity contribution in [2.24, 2.45) is 0 Å². The summed E-state index contributed by atoms with van der Waals surface area (Å²) in [7, 11) is 0. The monoisotopic (exact) mass is 306 g/mol. The Morgan fingerprint density at radius 3 is 2.39 bits per heavy atom. The summed E-state index contributed by atoms with van der Waals surface area (Å²) >= 11 is 0.